The van der Waals surface area contributed by atoms with Crippen LogP contribution in [0.5, 0.6) is 11.5 Å². The van der Waals surface area contributed by atoms with Crippen molar-refractivity contribution in [3.05, 3.63) is 97.7 Å². The van der Waals surface area contributed by atoms with Crippen LogP contribution in [0.15, 0.2) is 97.7 Å². The van der Waals surface area contributed by atoms with Gasteiger partial charge in [0, 0.05) is 29.7 Å². The molecule has 0 aliphatic carbocycles. The van der Waals surface area contributed by atoms with Gasteiger partial charge in [0.2, 0.25) is 0 Å². The highest BCUT2D eigenvalue weighted by Crippen LogP contribution is 2.27. The quantitative estimate of drug-likeness (QED) is 0.437. The highest BCUT2D eigenvalue weighted by molar-refractivity contribution is 5.66. The number of pyridine rings is 1. The summed E-state index contributed by atoms with van der Waals surface area (Å²) < 4.78 is 7.92. The van der Waals surface area contributed by atoms with Gasteiger partial charge >= 0.3 is 0 Å². The summed E-state index contributed by atoms with van der Waals surface area (Å²) >= 11 is 0. The number of imidazole rings is 1. The fourth-order valence-corrected chi connectivity index (χ4v) is 3.08. The van der Waals surface area contributed by atoms with E-state index in [1.54, 1.807) is 18.6 Å². The third-order valence-electron chi connectivity index (χ3n) is 4.48. The van der Waals surface area contributed by atoms with E-state index in [9.17, 15) is 0 Å². The number of hydrogen-bond acceptors (Lipinski definition) is 4. The van der Waals surface area contributed by atoms with Gasteiger partial charge in [0.15, 0.2) is 5.65 Å². The van der Waals surface area contributed by atoms with Crippen LogP contribution in [0.1, 0.15) is 0 Å². The average molecular weight is 364 g/mol. The van der Waals surface area contributed by atoms with E-state index in [1.807, 2.05) is 83.5 Å². The van der Waals surface area contributed by atoms with Crippen LogP contribution in [0, 0.1) is 0 Å². The summed E-state index contributed by atoms with van der Waals surface area (Å²) in [5.74, 6) is 1.61. The smallest absolute Gasteiger partial charge is 0.155 e. The summed E-state index contributed by atoms with van der Waals surface area (Å²) in [5, 5.41) is 0. The monoisotopic (exact) mass is 364 g/mol. The minimum Gasteiger partial charge on any atom is -0.457 e. The molecule has 0 N–H and O–H groups in total. The SMILES string of the molecule is c1ccc(Oc2ccc(-c3cnc4cnc(-c5cccnc5)cn34)cc2)cc1. The van der Waals surface area contributed by atoms with E-state index in [2.05, 4.69) is 15.0 Å². The van der Waals surface area contributed by atoms with E-state index in [1.165, 1.54) is 0 Å². The molecule has 5 rings (SSSR count). The minimum absolute atomic E-state index is 0.793. The fraction of sp³-hybridized carbons (Fsp3) is 0. The molecule has 0 fully saturated rings. The first-order valence-corrected chi connectivity index (χ1v) is 8.94. The van der Waals surface area contributed by atoms with Gasteiger partial charge in [-0.2, -0.15) is 0 Å². The molecule has 0 amide bonds. The van der Waals surface area contributed by atoms with Crippen molar-refractivity contribution >= 4 is 5.65 Å². The predicted molar refractivity (Wildman–Crippen MR) is 108 cm³/mol. The van der Waals surface area contributed by atoms with Crippen molar-refractivity contribution in [2.24, 2.45) is 0 Å². The van der Waals surface area contributed by atoms with Gasteiger partial charge in [0.05, 0.1) is 23.8 Å². The number of fused-ring (bicyclic) bond motifs is 1. The minimum atomic E-state index is 0.793. The summed E-state index contributed by atoms with van der Waals surface area (Å²) in [6.45, 7) is 0. The van der Waals surface area contributed by atoms with E-state index in [0.717, 1.165) is 39.7 Å². The second-order valence-corrected chi connectivity index (χ2v) is 6.33. The second-order valence-electron chi connectivity index (χ2n) is 6.33. The van der Waals surface area contributed by atoms with Gasteiger partial charge in [-0.15, -0.1) is 0 Å². The first kappa shape index (κ1) is 16.2. The van der Waals surface area contributed by atoms with Gasteiger partial charge in [-0.3, -0.25) is 14.4 Å². The lowest BCUT2D eigenvalue weighted by Crippen LogP contribution is -1.93. The third-order valence-corrected chi connectivity index (χ3v) is 4.48. The number of rotatable bonds is 4. The molecule has 0 atom stereocenters. The Hall–Kier alpha value is -3.99. The van der Waals surface area contributed by atoms with Crippen molar-refractivity contribution in [3.63, 3.8) is 0 Å². The molecule has 0 bridgehead atoms. The van der Waals surface area contributed by atoms with Crippen LogP contribution in [0.4, 0.5) is 0 Å². The summed E-state index contributed by atoms with van der Waals surface area (Å²) in [5.41, 5.74) is 4.66. The lowest BCUT2D eigenvalue weighted by Gasteiger charge is -2.07. The first-order chi connectivity index (χ1) is 13.9. The summed E-state index contributed by atoms with van der Waals surface area (Å²) in [6, 6.07) is 21.6. The van der Waals surface area contributed by atoms with Crippen LogP contribution in [-0.2, 0) is 0 Å². The maximum atomic E-state index is 5.88. The molecule has 0 saturated carbocycles. The van der Waals surface area contributed by atoms with Gasteiger partial charge in [-0.1, -0.05) is 18.2 Å². The maximum absolute atomic E-state index is 5.88. The molecule has 3 aromatic heterocycles. The zero-order valence-electron chi connectivity index (χ0n) is 14.9. The number of nitrogens with zero attached hydrogens (tertiary/aromatic N) is 4. The largest absolute Gasteiger partial charge is 0.457 e. The van der Waals surface area contributed by atoms with Crippen LogP contribution in [0.25, 0.3) is 28.2 Å². The van der Waals surface area contributed by atoms with E-state index in [-0.39, 0.29) is 0 Å². The van der Waals surface area contributed by atoms with Crippen molar-refractivity contribution in [2.45, 2.75) is 0 Å². The van der Waals surface area contributed by atoms with Crippen molar-refractivity contribution in [3.8, 4) is 34.0 Å². The van der Waals surface area contributed by atoms with Crippen molar-refractivity contribution in [1.29, 1.82) is 0 Å². The Morgan fingerprint density at radius 3 is 2.29 bits per heavy atom. The number of benzene rings is 2. The second kappa shape index (κ2) is 6.96. The van der Waals surface area contributed by atoms with E-state index in [4.69, 9.17) is 4.74 Å². The fourth-order valence-electron chi connectivity index (χ4n) is 3.08. The summed E-state index contributed by atoms with van der Waals surface area (Å²) in [7, 11) is 0. The van der Waals surface area contributed by atoms with Gasteiger partial charge < -0.3 is 4.74 Å². The van der Waals surface area contributed by atoms with Crippen LogP contribution in [0.3, 0.4) is 0 Å². The highest BCUT2D eigenvalue weighted by atomic mass is 16.5. The van der Waals surface area contributed by atoms with Crippen molar-refractivity contribution in [1.82, 2.24) is 19.4 Å². The van der Waals surface area contributed by atoms with Crippen LogP contribution in [0.2, 0.25) is 0 Å². The number of ether oxygens (including phenoxy) is 1. The van der Waals surface area contributed by atoms with Crippen molar-refractivity contribution in [2.75, 3.05) is 0 Å². The lowest BCUT2D eigenvalue weighted by atomic mass is 10.1. The van der Waals surface area contributed by atoms with Gasteiger partial charge in [-0.05, 0) is 48.5 Å². The molecular formula is C23H16N4O. The molecule has 3 heterocycles. The van der Waals surface area contributed by atoms with Gasteiger partial charge in [0.1, 0.15) is 11.5 Å². The Labute approximate surface area is 161 Å². The number of para-hydroxylation sites is 1. The molecule has 0 spiro atoms. The Morgan fingerprint density at radius 2 is 1.50 bits per heavy atom. The zero-order valence-corrected chi connectivity index (χ0v) is 14.9. The molecule has 0 aliphatic rings. The molecule has 5 aromatic rings. The molecule has 0 saturated heterocycles. The van der Waals surface area contributed by atoms with Gasteiger partial charge in [-0.25, -0.2) is 4.98 Å². The first-order valence-electron chi connectivity index (χ1n) is 8.94. The topological polar surface area (TPSA) is 52.3 Å². The molecule has 0 unspecified atom stereocenters. The number of hydrogen-bond donors (Lipinski definition) is 0. The van der Waals surface area contributed by atoms with Crippen LogP contribution < -0.4 is 4.74 Å². The highest BCUT2D eigenvalue weighted by Gasteiger charge is 2.09. The Bertz CT molecular complexity index is 1220. The van der Waals surface area contributed by atoms with E-state index in [0.29, 0.717) is 0 Å². The molecule has 5 nitrogen and oxygen atoms in total. The van der Waals surface area contributed by atoms with E-state index < -0.39 is 0 Å². The third kappa shape index (κ3) is 3.10. The Balaban J connectivity index is 1.49. The molecule has 2 aromatic carbocycles. The van der Waals surface area contributed by atoms with Gasteiger partial charge in [0.25, 0.3) is 0 Å². The van der Waals surface area contributed by atoms with E-state index >= 15 is 0 Å². The lowest BCUT2D eigenvalue weighted by molar-refractivity contribution is 0.483. The maximum Gasteiger partial charge on any atom is 0.155 e. The summed E-state index contributed by atoms with van der Waals surface area (Å²) in [6.07, 6.45) is 9.18. The Kier molecular flexibility index (Phi) is 4.03. The number of aromatic nitrogens is 4. The molecule has 5 heteroatoms. The molecule has 0 radical (unpaired) electrons. The Morgan fingerprint density at radius 1 is 0.679 bits per heavy atom. The van der Waals surface area contributed by atoms with Crippen molar-refractivity contribution < 1.29 is 4.74 Å². The molecule has 0 aliphatic heterocycles. The molecule has 134 valence electrons. The van der Waals surface area contributed by atoms with Crippen LogP contribution in [-0.4, -0.2) is 19.4 Å². The predicted octanol–water partition coefficient (Wildman–Crippen LogP) is 5.25. The normalized spacial score (nSPS) is 10.9. The molecular weight excluding hydrogens is 348 g/mol. The van der Waals surface area contributed by atoms with Crippen LogP contribution >= 0.6 is 0 Å². The zero-order chi connectivity index (χ0) is 18.8. The average Bonchev–Trinajstić information content (AvgIpc) is 3.19. The summed E-state index contributed by atoms with van der Waals surface area (Å²) in [4.78, 5) is 13.1. The standard InChI is InChI=1S/C23H16N4O/c1-2-6-19(7-3-1)28-20-10-8-17(9-11-20)22-14-26-23-15-25-21(16-27(22)23)18-5-4-12-24-13-18/h1-16H. The molecule has 28 heavy (non-hydrogen) atoms.